The van der Waals surface area contributed by atoms with Gasteiger partial charge in [-0.05, 0) is 48.2 Å². The molecule has 4 nitrogen and oxygen atoms in total. The lowest BCUT2D eigenvalue weighted by atomic mass is 10.1. The number of thiophene rings is 1. The third-order valence-electron chi connectivity index (χ3n) is 3.66. The van der Waals surface area contributed by atoms with Crippen molar-refractivity contribution in [3.63, 3.8) is 0 Å². The Labute approximate surface area is 140 Å². The summed E-state index contributed by atoms with van der Waals surface area (Å²) in [6.45, 7) is 6.18. The highest BCUT2D eigenvalue weighted by Gasteiger charge is 2.14. The van der Waals surface area contributed by atoms with E-state index in [-0.39, 0.29) is 5.91 Å². The van der Waals surface area contributed by atoms with E-state index in [1.165, 1.54) is 11.3 Å². The lowest BCUT2D eigenvalue weighted by Crippen LogP contribution is -2.24. The molecule has 23 heavy (non-hydrogen) atoms. The fourth-order valence-electron chi connectivity index (χ4n) is 2.37. The molecular weight excluding hydrogens is 310 g/mol. The van der Waals surface area contributed by atoms with Gasteiger partial charge in [-0.3, -0.25) is 4.79 Å². The van der Waals surface area contributed by atoms with Crippen LogP contribution in [0.1, 0.15) is 29.9 Å². The number of hydrogen-bond acceptors (Lipinski definition) is 4. The summed E-state index contributed by atoms with van der Waals surface area (Å²) < 4.78 is 11.2. The first-order valence-corrected chi connectivity index (χ1v) is 8.73. The van der Waals surface area contributed by atoms with Gasteiger partial charge in [0.25, 0.3) is 5.91 Å². The second kappa shape index (κ2) is 7.04. The van der Waals surface area contributed by atoms with E-state index in [4.69, 9.17) is 9.47 Å². The minimum atomic E-state index is -0.000515. The van der Waals surface area contributed by atoms with Gasteiger partial charge in [-0.25, -0.2) is 0 Å². The molecule has 0 saturated carbocycles. The normalized spacial score (nSPS) is 13.2. The maximum absolute atomic E-state index is 12.2. The van der Waals surface area contributed by atoms with Gasteiger partial charge >= 0.3 is 0 Å². The van der Waals surface area contributed by atoms with E-state index < -0.39 is 0 Å². The molecule has 0 fully saturated rings. The number of rotatable bonds is 5. The molecule has 2 heterocycles. The zero-order chi connectivity index (χ0) is 16.2. The smallest absolute Gasteiger partial charge is 0.261 e. The minimum Gasteiger partial charge on any atom is -0.486 e. The van der Waals surface area contributed by atoms with Crippen molar-refractivity contribution in [2.45, 2.75) is 20.3 Å². The first-order valence-electron chi connectivity index (χ1n) is 7.91. The van der Waals surface area contributed by atoms with E-state index in [1.54, 1.807) is 0 Å². The maximum Gasteiger partial charge on any atom is 0.261 e. The van der Waals surface area contributed by atoms with E-state index in [0.717, 1.165) is 33.2 Å². The standard InChI is InChI=1S/C18H21NO3S/c1-12(2)7-8-19-18(20)17-6-5-16(23-17)13-3-4-14-15(11-13)22-10-9-21-14/h3-6,11-12H,7-10H2,1-2H3,(H,19,20). The van der Waals surface area contributed by atoms with Crippen LogP contribution in [0.25, 0.3) is 10.4 Å². The average molecular weight is 331 g/mol. The highest BCUT2D eigenvalue weighted by Crippen LogP contribution is 2.36. The van der Waals surface area contributed by atoms with Crippen molar-refractivity contribution in [1.29, 1.82) is 0 Å². The van der Waals surface area contributed by atoms with E-state index >= 15 is 0 Å². The van der Waals surface area contributed by atoms with Crippen LogP contribution in [0.5, 0.6) is 11.5 Å². The molecule has 0 radical (unpaired) electrons. The van der Waals surface area contributed by atoms with Crippen LogP contribution in [0, 0.1) is 5.92 Å². The molecule has 1 aliphatic rings. The molecule has 2 aromatic rings. The Hall–Kier alpha value is -2.01. The van der Waals surface area contributed by atoms with Crippen molar-refractivity contribution >= 4 is 17.2 Å². The van der Waals surface area contributed by atoms with Crippen LogP contribution in [0.15, 0.2) is 30.3 Å². The summed E-state index contributed by atoms with van der Waals surface area (Å²) in [4.78, 5) is 13.9. The van der Waals surface area contributed by atoms with E-state index in [2.05, 4.69) is 19.2 Å². The Balaban J connectivity index is 1.70. The summed E-state index contributed by atoms with van der Waals surface area (Å²) in [6, 6.07) is 9.75. The van der Waals surface area contributed by atoms with Crippen LogP contribution >= 0.6 is 11.3 Å². The van der Waals surface area contributed by atoms with Crippen molar-refractivity contribution in [3.05, 3.63) is 35.2 Å². The van der Waals surface area contributed by atoms with Crippen molar-refractivity contribution in [3.8, 4) is 21.9 Å². The molecule has 0 saturated heterocycles. The highest BCUT2D eigenvalue weighted by molar-refractivity contribution is 7.17. The average Bonchev–Trinajstić information content (AvgIpc) is 3.04. The van der Waals surface area contributed by atoms with Crippen molar-refractivity contribution in [2.24, 2.45) is 5.92 Å². The molecule has 1 aromatic carbocycles. The molecule has 0 atom stereocenters. The highest BCUT2D eigenvalue weighted by atomic mass is 32.1. The number of fused-ring (bicyclic) bond motifs is 1. The molecule has 1 aliphatic heterocycles. The van der Waals surface area contributed by atoms with Gasteiger partial charge in [0.2, 0.25) is 0 Å². The molecule has 122 valence electrons. The Morgan fingerprint density at radius 2 is 1.96 bits per heavy atom. The third kappa shape index (κ3) is 3.85. The van der Waals surface area contributed by atoms with Crippen molar-refractivity contribution in [2.75, 3.05) is 19.8 Å². The number of carbonyl (C=O) groups excluding carboxylic acids is 1. The Kier molecular flexibility index (Phi) is 4.86. The van der Waals surface area contributed by atoms with Crippen molar-refractivity contribution < 1.29 is 14.3 Å². The second-order valence-corrected chi connectivity index (χ2v) is 7.04. The third-order valence-corrected chi connectivity index (χ3v) is 4.80. The topological polar surface area (TPSA) is 47.6 Å². The summed E-state index contributed by atoms with van der Waals surface area (Å²) in [5, 5.41) is 2.97. The number of carbonyl (C=O) groups is 1. The van der Waals surface area contributed by atoms with Gasteiger partial charge in [-0.15, -0.1) is 11.3 Å². The quantitative estimate of drug-likeness (QED) is 0.902. The molecule has 0 bridgehead atoms. The van der Waals surface area contributed by atoms with E-state index in [9.17, 15) is 4.79 Å². The number of amides is 1. The van der Waals surface area contributed by atoms with Crippen LogP contribution in [0.3, 0.4) is 0 Å². The molecule has 1 amide bonds. The predicted molar refractivity (Wildman–Crippen MR) is 92.5 cm³/mol. The zero-order valence-corrected chi connectivity index (χ0v) is 14.2. The van der Waals surface area contributed by atoms with Gasteiger partial charge in [0.05, 0.1) is 4.88 Å². The summed E-state index contributed by atoms with van der Waals surface area (Å²) in [5.41, 5.74) is 1.04. The lowest BCUT2D eigenvalue weighted by Gasteiger charge is -2.18. The van der Waals surface area contributed by atoms with E-state index in [1.807, 2.05) is 30.3 Å². The molecule has 5 heteroatoms. The molecule has 3 rings (SSSR count). The fourth-order valence-corrected chi connectivity index (χ4v) is 3.29. The molecule has 0 aliphatic carbocycles. The Morgan fingerprint density at radius 3 is 2.74 bits per heavy atom. The van der Waals surface area contributed by atoms with E-state index in [0.29, 0.717) is 25.7 Å². The van der Waals surface area contributed by atoms with Crippen LogP contribution in [-0.2, 0) is 0 Å². The number of hydrogen-bond donors (Lipinski definition) is 1. The molecule has 1 N–H and O–H groups in total. The number of nitrogens with one attached hydrogen (secondary N) is 1. The van der Waals surface area contributed by atoms with Gasteiger partial charge in [0.1, 0.15) is 13.2 Å². The fraction of sp³-hybridized carbons (Fsp3) is 0.389. The van der Waals surface area contributed by atoms with Crippen LogP contribution < -0.4 is 14.8 Å². The monoisotopic (exact) mass is 331 g/mol. The van der Waals surface area contributed by atoms with Gasteiger partial charge in [-0.2, -0.15) is 0 Å². The number of ether oxygens (including phenoxy) is 2. The molecule has 0 unspecified atom stereocenters. The largest absolute Gasteiger partial charge is 0.486 e. The number of benzene rings is 1. The zero-order valence-electron chi connectivity index (χ0n) is 13.4. The molecular formula is C18H21NO3S. The SMILES string of the molecule is CC(C)CCNC(=O)c1ccc(-c2ccc3c(c2)OCCO3)s1. The predicted octanol–water partition coefficient (Wildman–Crippen LogP) is 3.96. The first-order chi connectivity index (χ1) is 11.1. The molecule has 1 aromatic heterocycles. The Bertz CT molecular complexity index is 693. The minimum absolute atomic E-state index is 0.000515. The summed E-state index contributed by atoms with van der Waals surface area (Å²) >= 11 is 1.50. The maximum atomic E-state index is 12.2. The summed E-state index contributed by atoms with van der Waals surface area (Å²) in [6.07, 6.45) is 0.992. The molecule has 0 spiro atoms. The van der Waals surface area contributed by atoms with Gasteiger partial charge < -0.3 is 14.8 Å². The van der Waals surface area contributed by atoms with Gasteiger partial charge in [0.15, 0.2) is 11.5 Å². The first kappa shape index (κ1) is 15.9. The van der Waals surface area contributed by atoms with Crippen LogP contribution in [0.4, 0.5) is 0 Å². The Morgan fingerprint density at radius 1 is 1.17 bits per heavy atom. The summed E-state index contributed by atoms with van der Waals surface area (Å²) in [7, 11) is 0. The van der Waals surface area contributed by atoms with Gasteiger partial charge in [-0.1, -0.05) is 13.8 Å². The lowest BCUT2D eigenvalue weighted by molar-refractivity contribution is 0.0956. The van der Waals surface area contributed by atoms with Crippen LogP contribution in [-0.4, -0.2) is 25.7 Å². The van der Waals surface area contributed by atoms with Gasteiger partial charge in [0, 0.05) is 11.4 Å². The second-order valence-electron chi connectivity index (χ2n) is 5.96. The summed E-state index contributed by atoms with van der Waals surface area (Å²) in [5.74, 6) is 2.14. The van der Waals surface area contributed by atoms with Crippen LogP contribution in [0.2, 0.25) is 0 Å². The van der Waals surface area contributed by atoms with Crippen molar-refractivity contribution in [1.82, 2.24) is 5.32 Å².